The summed E-state index contributed by atoms with van der Waals surface area (Å²) in [6, 6.07) is 0. The molecule has 0 amide bonds. The number of carboxylic acids is 1. The van der Waals surface area contributed by atoms with Gasteiger partial charge in [0.25, 0.3) is 6.29 Å². The molecule has 83 heavy (non-hydrogen) atoms. The molecule has 2 unspecified atom stereocenters. The summed E-state index contributed by atoms with van der Waals surface area (Å²) in [6.45, 7) is 4.66. The van der Waals surface area contributed by atoms with Gasteiger partial charge in [-0.15, -0.1) is 0 Å². The zero-order chi connectivity index (χ0) is 60.5. The molecule has 0 aromatic carbocycles. The Morgan fingerprint density at radius 3 is 0.964 bits per heavy atom. The molecule has 0 aliphatic rings. The molecule has 0 rings (SSSR count). The van der Waals surface area contributed by atoms with Crippen molar-refractivity contribution < 1.29 is 42.9 Å². The van der Waals surface area contributed by atoms with Gasteiger partial charge in [0.2, 0.25) is 0 Å². The molecule has 476 valence electrons. The van der Waals surface area contributed by atoms with Gasteiger partial charge in [-0.05, 0) is 96.3 Å². The minimum Gasteiger partial charge on any atom is -0.477 e. The Labute approximate surface area is 511 Å². The number of hydrogen-bond acceptors (Lipinski definition) is 7. The lowest BCUT2D eigenvalue weighted by atomic mass is 10.0. The third kappa shape index (κ3) is 65.3. The van der Waals surface area contributed by atoms with Gasteiger partial charge in [-0.3, -0.25) is 9.59 Å². The van der Waals surface area contributed by atoms with Crippen LogP contribution >= 0.6 is 0 Å². The van der Waals surface area contributed by atoms with E-state index in [2.05, 4.69) is 123 Å². The molecular weight excluding hydrogens is 1030 g/mol. The first-order chi connectivity index (χ1) is 40.6. The highest BCUT2D eigenvalue weighted by Crippen LogP contribution is 2.17. The van der Waals surface area contributed by atoms with Crippen molar-refractivity contribution in [2.45, 2.75) is 296 Å². The standard InChI is InChI=1S/C74H127NO8/c1-6-8-10-12-14-16-18-20-22-24-25-26-27-28-29-30-31-32-33-34-35-36-37-38-39-40-41-42-43-44-45-46-47-49-51-53-55-57-59-61-63-65-72(77)83-70(69-82-74(73(78)79)80-67-66-75(3,4)5)68-81-71(76)64-62-60-58-56-54-52-50-48-23-21-19-17-15-13-11-9-7-2/h8-11,14-17,20-23,25-26,28-29,31-32,70,74H,6-7,12-13,18-19,24,27,30,33-69H2,1-5H3/p+1/b10-8-,11-9-,16-14-,17-15-,22-20-,23-21-,26-25-,29-28-,32-31-. The van der Waals surface area contributed by atoms with E-state index in [9.17, 15) is 19.5 Å². The number of esters is 2. The summed E-state index contributed by atoms with van der Waals surface area (Å²) < 4.78 is 22.9. The molecule has 0 aliphatic carbocycles. The van der Waals surface area contributed by atoms with Gasteiger partial charge in [-0.1, -0.05) is 284 Å². The van der Waals surface area contributed by atoms with Crippen molar-refractivity contribution in [1.82, 2.24) is 0 Å². The van der Waals surface area contributed by atoms with Gasteiger partial charge in [0, 0.05) is 12.8 Å². The van der Waals surface area contributed by atoms with Crippen molar-refractivity contribution in [1.29, 1.82) is 0 Å². The van der Waals surface area contributed by atoms with Crippen LogP contribution in [0.1, 0.15) is 284 Å². The van der Waals surface area contributed by atoms with Gasteiger partial charge in [-0.2, -0.15) is 0 Å². The van der Waals surface area contributed by atoms with Crippen LogP contribution in [-0.2, 0) is 33.3 Å². The van der Waals surface area contributed by atoms with E-state index in [-0.39, 0.29) is 38.6 Å². The maximum atomic E-state index is 12.9. The van der Waals surface area contributed by atoms with Crippen molar-refractivity contribution >= 4 is 17.9 Å². The molecule has 1 N–H and O–H groups in total. The van der Waals surface area contributed by atoms with Crippen molar-refractivity contribution in [3.05, 3.63) is 109 Å². The van der Waals surface area contributed by atoms with Crippen LogP contribution in [-0.4, -0.2) is 87.4 Å². The predicted molar refractivity (Wildman–Crippen MR) is 355 cm³/mol. The number of likely N-dealkylation sites (N-methyl/N-ethyl adjacent to an activating group) is 1. The zero-order valence-corrected chi connectivity index (χ0v) is 54.3. The number of carbonyl (C=O) groups is 3. The van der Waals surface area contributed by atoms with Gasteiger partial charge >= 0.3 is 17.9 Å². The number of aliphatic carboxylic acids is 1. The van der Waals surface area contributed by atoms with Gasteiger partial charge in [-0.25, -0.2) is 4.79 Å². The van der Waals surface area contributed by atoms with E-state index in [1.54, 1.807) is 0 Å². The van der Waals surface area contributed by atoms with Crippen LogP contribution < -0.4 is 0 Å². The van der Waals surface area contributed by atoms with Crippen molar-refractivity contribution in [3.63, 3.8) is 0 Å². The molecule has 0 radical (unpaired) electrons. The molecule has 0 fully saturated rings. The molecule has 0 heterocycles. The summed E-state index contributed by atoms with van der Waals surface area (Å²) in [4.78, 5) is 37.5. The Kier molecular flexibility index (Phi) is 60.8. The number of allylic oxidation sites excluding steroid dienone is 18. The quantitative estimate of drug-likeness (QED) is 0.0211. The number of carbonyl (C=O) groups excluding carboxylic acids is 2. The molecule has 9 nitrogen and oxygen atoms in total. The number of rotatable bonds is 62. The normalized spacial score (nSPS) is 13.4. The fourth-order valence-electron chi connectivity index (χ4n) is 9.39. The molecule has 0 aromatic heterocycles. The zero-order valence-electron chi connectivity index (χ0n) is 54.3. The Bertz CT molecular complexity index is 1730. The molecule has 0 aromatic rings. The van der Waals surface area contributed by atoms with Crippen LogP contribution in [0.15, 0.2) is 109 Å². The Hall–Kier alpha value is -4.05. The molecule has 2 atom stereocenters. The third-order valence-corrected chi connectivity index (χ3v) is 14.5. The third-order valence-electron chi connectivity index (χ3n) is 14.5. The van der Waals surface area contributed by atoms with Crippen LogP contribution in [0, 0.1) is 0 Å². The summed E-state index contributed by atoms with van der Waals surface area (Å²) in [5.74, 6) is -2.01. The second kappa shape index (κ2) is 64.0. The summed E-state index contributed by atoms with van der Waals surface area (Å²) in [5, 5.41) is 9.72. The van der Waals surface area contributed by atoms with Crippen molar-refractivity contribution in [2.24, 2.45) is 0 Å². The number of carboxylic acid groups (broad SMARTS) is 1. The second-order valence-electron chi connectivity index (χ2n) is 23.7. The van der Waals surface area contributed by atoms with Gasteiger partial charge in [0.15, 0.2) is 6.10 Å². The first-order valence-electron chi connectivity index (χ1n) is 34.1. The molecule has 0 spiro atoms. The fourth-order valence-corrected chi connectivity index (χ4v) is 9.39. The first-order valence-corrected chi connectivity index (χ1v) is 34.1. The van der Waals surface area contributed by atoms with Gasteiger partial charge in [0.1, 0.15) is 13.2 Å². The number of ether oxygens (including phenoxy) is 4. The van der Waals surface area contributed by atoms with Gasteiger partial charge < -0.3 is 28.5 Å². The number of unbranched alkanes of at least 4 members (excludes halogenated alkanes) is 29. The van der Waals surface area contributed by atoms with E-state index < -0.39 is 24.3 Å². The van der Waals surface area contributed by atoms with Crippen molar-refractivity contribution in [2.75, 3.05) is 47.5 Å². The average molecular weight is 1160 g/mol. The van der Waals surface area contributed by atoms with E-state index in [1.165, 1.54) is 148 Å². The predicted octanol–water partition coefficient (Wildman–Crippen LogP) is 21.0. The average Bonchev–Trinajstić information content (AvgIpc) is 3.46. The summed E-state index contributed by atoms with van der Waals surface area (Å²) in [5.41, 5.74) is 0. The molecule has 0 saturated heterocycles. The lowest BCUT2D eigenvalue weighted by Gasteiger charge is -2.25. The van der Waals surface area contributed by atoms with Crippen molar-refractivity contribution in [3.8, 4) is 0 Å². The SMILES string of the molecule is CC/C=C\C/C=C\C/C=C\C/C=C\C/C=C\C/C=C\CCCCCCCCCCCCCCCCCCCCCCCCC(=O)OC(COC(=O)CCCCCCCCC/C=C\C/C=C\C/C=C\CC)COC(OCC[N+](C)(C)C)C(=O)O. The fraction of sp³-hybridized carbons (Fsp3) is 0.716. The highest BCUT2D eigenvalue weighted by Gasteiger charge is 2.25. The monoisotopic (exact) mass is 1160 g/mol. The summed E-state index contributed by atoms with van der Waals surface area (Å²) >= 11 is 0. The smallest absolute Gasteiger partial charge is 0.361 e. The minimum atomic E-state index is -1.52. The van der Waals surface area contributed by atoms with E-state index in [4.69, 9.17) is 18.9 Å². The number of hydrogen-bond donors (Lipinski definition) is 1. The van der Waals surface area contributed by atoms with Gasteiger partial charge in [0.05, 0.1) is 34.4 Å². The lowest BCUT2D eigenvalue weighted by Crippen LogP contribution is -2.40. The maximum absolute atomic E-state index is 12.9. The topological polar surface area (TPSA) is 108 Å². The Balaban J connectivity index is 3.99. The Morgan fingerprint density at radius 1 is 0.361 bits per heavy atom. The minimum absolute atomic E-state index is 0.184. The van der Waals surface area contributed by atoms with E-state index in [0.29, 0.717) is 11.0 Å². The van der Waals surface area contributed by atoms with E-state index in [1.807, 2.05) is 21.1 Å². The number of quaternary nitrogens is 1. The lowest BCUT2D eigenvalue weighted by molar-refractivity contribution is -0.870. The van der Waals surface area contributed by atoms with Crippen LogP contribution in [0.4, 0.5) is 0 Å². The Morgan fingerprint density at radius 2 is 0.651 bits per heavy atom. The summed E-state index contributed by atoms with van der Waals surface area (Å²) in [6.07, 6.45) is 86.4. The highest BCUT2D eigenvalue weighted by molar-refractivity contribution is 5.71. The molecule has 0 bridgehead atoms. The van der Waals surface area contributed by atoms with Crippen LogP contribution in [0.25, 0.3) is 0 Å². The molecular formula is C74H128NO8+. The van der Waals surface area contributed by atoms with Crippen LogP contribution in [0.2, 0.25) is 0 Å². The molecule has 0 aliphatic heterocycles. The summed E-state index contributed by atoms with van der Waals surface area (Å²) in [7, 11) is 5.97. The van der Waals surface area contributed by atoms with E-state index in [0.717, 1.165) is 109 Å². The van der Waals surface area contributed by atoms with Crippen LogP contribution in [0.3, 0.4) is 0 Å². The highest BCUT2D eigenvalue weighted by atomic mass is 16.7. The second-order valence-corrected chi connectivity index (χ2v) is 23.7. The molecule has 0 saturated carbocycles. The first kappa shape index (κ1) is 79.0. The number of nitrogens with zero attached hydrogens (tertiary/aromatic N) is 1. The molecule has 9 heteroatoms. The van der Waals surface area contributed by atoms with Crippen LogP contribution in [0.5, 0.6) is 0 Å². The maximum Gasteiger partial charge on any atom is 0.361 e. The van der Waals surface area contributed by atoms with E-state index >= 15 is 0 Å². The largest absolute Gasteiger partial charge is 0.477 e.